The smallest absolute Gasteiger partial charge is 0.160 e. The Labute approximate surface area is 326 Å². The van der Waals surface area contributed by atoms with Crippen molar-refractivity contribution >= 4 is 39.1 Å². The first-order valence-electron chi connectivity index (χ1n) is 19.1. The summed E-state index contributed by atoms with van der Waals surface area (Å²) in [5.41, 5.74) is 15.9. The molecule has 0 N–H and O–H groups in total. The van der Waals surface area contributed by atoms with Crippen LogP contribution >= 0.6 is 0 Å². The Morgan fingerprint density at radius 1 is 0.339 bits per heavy atom. The van der Waals surface area contributed by atoms with Crippen LogP contribution in [-0.2, 0) is 0 Å². The molecule has 2 heterocycles. The highest BCUT2D eigenvalue weighted by atomic mass is 15.0. The molecular weight excluding hydrogens is 679 g/mol. The zero-order valence-electron chi connectivity index (χ0n) is 30.8. The van der Waals surface area contributed by atoms with Gasteiger partial charge < -0.3 is 4.57 Å². The molecule has 0 bridgehead atoms. The molecule has 1 aliphatic heterocycles. The Bertz CT molecular complexity index is 2920. The van der Waals surface area contributed by atoms with Crippen LogP contribution < -0.4 is 0 Å². The molecule has 0 unspecified atom stereocenters. The number of aliphatic imine (C=N–C) groups is 2. The van der Waals surface area contributed by atoms with Crippen LogP contribution in [0.15, 0.2) is 222 Å². The number of para-hydroxylation sites is 2. The van der Waals surface area contributed by atoms with Crippen molar-refractivity contribution in [1.29, 1.82) is 0 Å². The summed E-state index contributed by atoms with van der Waals surface area (Å²) in [7, 11) is 0. The van der Waals surface area contributed by atoms with Crippen molar-refractivity contribution in [1.82, 2.24) is 4.57 Å². The molecule has 3 heteroatoms. The van der Waals surface area contributed by atoms with E-state index in [0.29, 0.717) is 6.42 Å². The molecule has 0 saturated heterocycles. The molecule has 264 valence electrons. The van der Waals surface area contributed by atoms with E-state index in [1.54, 1.807) is 0 Å². The number of hydrogen-bond donors (Lipinski definition) is 0. The van der Waals surface area contributed by atoms with Gasteiger partial charge in [-0.1, -0.05) is 182 Å². The fraction of sp³-hybridized carbons (Fsp3) is 0.0189. The maximum absolute atomic E-state index is 5.12. The van der Waals surface area contributed by atoms with Crippen LogP contribution in [0, 0.1) is 0 Å². The lowest BCUT2D eigenvalue weighted by atomic mass is 9.97. The molecule has 0 amide bonds. The van der Waals surface area contributed by atoms with Crippen LogP contribution in [0.4, 0.5) is 0 Å². The van der Waals surface area contributed by atoms with Crippen LogP contribution in [0.5, 0.6) is 0 Å². The normalized spacial score (nSPS) is 12.9. The number of nitrogens with zero attached hydrogens (tertiary/aromatic N) is 3. The van der Waals surface area contributed by atoms with Crippen LogP contribution in [0.3, 0.4) is 0 Å². The Hall–Kier alpha value is -7.36. The van der Waals surface area contributed by atoms with Gasteiger partial charge in [-0.2, -0.15) is 0 Å². The van der Waals surface area contributed by atoms with E-state index in [1.165, 1.54) is 55.3 Å². The molecule has 10 rings (SSSR count). The highest BCUT2D eigenvalue weighted by Gasteiger charge is 2.15. The molecule has 56 heavy (non-hydrogen) atoms. The lowest BCUT2D eigenvalue weighted by Gasteiger charge is -2.09. The van der Waals surface area contributed by atoms with Gasteiger partial charge in [-0.05, 0) is 74.8 Å². The molecule has 1 aromatic heterocycles. The van der Waals surface area contributed by atoms with Gasteiger partial charge >= 0.3 is 0 Å². The van der Waals surface area contributed by atoms with Crippen LogP contribution in [-0.4, -0.2) is 16.1 Å². The van der Waals surface area contributed by atoms with E-state index in [-0.39, 0.29) is 0 Å². The van der Waals surface area contributed by atoms with Crippen molar-refractivity contribution < 1.29 is 0 Å². The highest BCUT2D eigenvalue weighted by Crippen LogP contribution is 2.36. The Balaban J connectivity index is 0.901. The SMILES string of the molecule is C1=C(c2ccccc2)N=C(c2ccc(-c3ccc(-c4ccc(-c5ccc6c(c5)c5ccccc5n6-c5ccccc5)cc4)cc3)cc2)N=C(c2ccccc2)C1. The molecule has 0 fully saturated rings. The van der Waals surface area contributed by atoms with E-state index in [0.717, 1.165) is 39.5 Å². The van der Waals surface area contributed by atoms with Crippen molar-refractivity contribution in [2.45, 2.75) is 6.42 Å². The molecule has 0 radical (unpaired) electrons. The fourth-order valence-corrected chi connectivity index (χ4v) is 7.81. The second-order valence-electron chi connectivity index (χ2n) is 14.2. The quantitative estimate of drug-likeness (QED) is 0.157. The molecule has 9 aromatic rings. The topological polar surface area (TPSA) is 29.6 Å². The minimum atomic E-state index is 0.714. The molecule has 0 aliphatic carbocycles. The summed E-state index contributed by atoms with van der Waals surface area (Å²) in [6, 6.07) is 73.3. The summed E-state index contributed by atoms with van der Waals surface area (Å²) in [5, 5.41) is 2.52. The molecule has 0 atom stereocenters. The van der Waals surface area contributed by atoms with E-state index < -0.39 is 0 Å². The monoisotopic (exact) mass is 715 g/mol. The van der Waals surface area contributed by atoms with Gasteiger partial charge in [0.05, 0.1) is 22.4 Å². The Morgan fingerprint density at radius 3 is 1.41 bits per heavy atom. The second kappa shape index (κ2) is 14.5. The van der Waals surface area contributed by atoms with Gasteiger partial charge in [-0.15, -0.1) is 0 Å². The van der Waals surface area contributed by atoms with Crippen molar-refractivity contribution in [2.75, 3.05) is 0 Å². The summed E-state index contributed by atoms with van der Waals surface area (Å²) in [5.74, 6) is 0.723. The standard InChI is InChI=1S/C53H37N3/c1-4-12-42(13-5-1)49-33-34-50(43-14-6-2-7-15-43)55-53(54-49)44-30-28-40(29-31-44)38-22-20-37(21-23-38)39-24-26-41(27-25-39)45-32-35-52-48(36-45)47-18-10-11-19-51(47)56(52)46-16-8-3-9-17-46/h1-33,35-36H,34H2. The zero-order valence-corrected chi connectivity index (χ0v) is 30.8. The number of hydrogen-bond acceptors (Lipinski definition) is 2. The van der Waals surface area contributed by atoms with Crippen LogP contribution in [0.2, 0.25) is 0 Å². The fourth-order valence-electron chi connectivity index (χ4n) is 7.81. The van der Waals surface area contributed by atoms with Gasteiger partial charge in [0, 0.05) is 28.4 Å². The van der Waals surface area contributed by atoms with Crippen molar-refractivity contribution in [3.63, 3.8) is 0 Å². The maximum Gasteiger partial charge on any atom is 0.160 e. The third-order valence-electron chi connectivity index (χ3n) is 10.7. The van der Waals surface area contributed by atoms with E-state index in [1.807, 2.05) is 12.1 Å². The van der Waals surface area contributed by atoms with Gasteiger partial charge in [-0.3, -0.25) is 0 Å². The predicted molar refractivity (Wildman–Crippen MR) is 236 cm³/mol. The largest absolute Gasteiger partial charge is 0.309 e. The third-order valence-corrected chi connectivity index (χ3v) is 10.7. The molecule has 0 saturated carbocycles. The number of amidine groups is 1. The van der Waals surface area contributed by atoms with E-state index in [9.17, 15) is 0 Å². The molecule has 8 aromatic carbocycles. The average molecular weight is 716 g/mol. The predicted octanol–water partition coefficient (Wildman–Crippen LogP) is 13.5. The summed E-state index contributed by atoms with van der Waals surface area (Å²) < 4.78 is 2.36. The maximum atomic E-state index is 5.12. The van der Waals surface area contributed by atoms with Crippen LogP contribution in [0.25, 0.3) is 66.6 Å². The first-order chi connectivity index (χ1) is 27.7. The summed E-state index contributed by atoms with van der Waals surface area (Å²) >= 11 is 0. The molecule has 1 aliphatic rings. The lowest BCUT2D eigenvalue weighted by molar-refractivity contribution is 1.18. The van der Waals surface area contributed by atoms with E-state index >= 15 is 0 Å². The summed E-state index contributed by atoms with van der Waals surface area (Å²) in [6.07, 6.45) is 2.90. The van der Waals surface area contributed by atoms with E-state index in [2.05, 4.69) is 205 Å². The minimum Gasteiger partial charge on any atom is -0.309 e. The zero-order chi connectivity index (χ0) is 37.3. The first-order valence-corrected chi connectivity index (χ1v) is 19.1. The third kappa shape index (κ3) is 6.36. The first kappa shape index (κ1) is 33.2. The number of allylic oxidation sites excluding steroid dienone is 1. The van der Waals surface area contributed by atoms with Gasteiger partial charge in [-0.25, -0.2) is 9.98 Å². The molecular formula is C53H37N3. The van der Waals surface area contributed by atoms with Gasteiger partial charge in [0.15, 0.2) is 5.84 Å². The van der Waals surface area contributed by atoms with Crippen molar-refractivity contribution in [3.8, 4) is 39.1 Å². The number of aromatic nitrogens is 1. The minimum absolute atomic E-state index is 0.714. The lowest BCUT2D eigenvalue weighted by Crippen LogP contribution is -2.04. The Kier molecular flexibility index (Phi) is 8.58. The van der Waals surface area contributed by atoms with Crippen LogP contribution in [0.1, 0.15) is 23.1 Å². The second-order valence-corrected chi connectivity index (χ2v) is 14.2. The van der Waals surface area contributed by atoms with Gasteiger partial charge in [0.2, 0.25) is 0 Å². The Morgan fingerprint density at radius 2 is 0.804 bits per heavy atom. The average Bonchev–Trinajstić information content (AvgIpc) is 3.44. The number of rotatable bonds is 7. The number of fused-ring (bicyclic) bond motifs is 3. The highest BCUT2D eigenvalue weighted by molar-refractivity contribution is 6.15. The van der Waals surface area contributed by atoms with E-state index in [4.69, 9.17) is 9.98 Å². The number of benzene rings is 8. The van der Waals surface area contributed by atoms with Crippen molar-refractivity contribution in [2.24, 2.45) is 9.98 Å². The van der Waals surface area contributed by atoms with Gasteiger partial charge in [0.1, 0.15) is 0 Å². The van der Waals surface area contributed by atoms with Gasteiger partial charge in [0.25, 0.3) is 0 Å². The molecule has 3 nitrogen and oxygen atoms in total. The summed E-state index contributed by atoms with van der Waals surface area (Å²) in [4.78, 5) is 10.2. The summed E-state index contributed by atoms with van der Waals surface area (Å²) in [6.45, 7) is 0. The molecule has 0 spiro atoms. The van der Waals surface area contributed by atoms with Crippen molar-refractivity contribution in [3.05, 3.63) is 229 Å².